The highest BCUT2D eigenvalue weighted by Crippen LogP contribution is 2.35. The average molecular weight is 435 g/mol. The zero-order valence-electron chi connectivity index (χ0n) is 17.7. The van der Waals surface area contributed by atoms with E-state index in [2.05, 4.69) is 20.7 Å². The van der Waals surface area contributed by atoms with E-state index >= 15 is 0 Å². The van der Waals surface area contributed by atoms with E-state index in [4.69, 9.17) is 9.57 Å². The zero-order chi connectivity index (χ0) is 23.3. The molecule has 3 N–H and O–H groups in total. The number of fused-ring (bicyclic) bond motifs is 1. The first-order chi connectivity index (χ1) is 14.2. The Morgan fingerprint density at radius 3 is 2.13 bits per heavy atom. The number of rotatable bonds is 7. The molecule has 0 spiro atoms. The second-order valence-corrected chi connectivity index (χ2v) is 5.52. The quantitative estimate of drug-likeness (QED) is 0.451. The van der Waals surface area contributed by atoms with Crippen LogP contribution in [-0.2, 0) is 15.7 Å². The van der Waals surface area contributed by atoms with Gasteiger partial charge in [-0.3, -0.25) is 0 Å². The minimum absolute atomic E-state index is 0.0286. The summed E-state index contributed by atoms with van der Waals surface area (Å²) in [6, 6.07) is 3.96. The fourth-order valence-corrected chi connectivity index (χ4v) is 2.00. The molecule has 1 heterocycles. The van der Waals surface area contributed by atoms with Gasteiger partial charge in [-0.2, -0.15) is 13.2 Å². The van der Waals surface area contributed by atoms with E-state index in [1.165, 1.54) is 32.2 Å². The number of ether oxygens (including phenoxy) is 2. The lowest BCUT2D eigenvalue weighted by molar-refractivity contribution is -0.141. The number of methoxy groups -OCH3 is 2. The van der Waals surface area contributed by atoms with Crippen molar-refractivity contribution < 1.29 is 37.4 Å². The third kappa shape index (κ3) is 8.11. The van der Waals surface area contributed by atoms with Gasteiger partial charge < -0.3 is 24.2 Å². The molecule has 0 aliphatic heterocycles. The largest absolute Gasteiger partial charge is 0.494 e. The molecule has 0 radical (unpaired) electrons. The molecule has 170 valence electrons. The molecule has 2 atom stereocenters. The molecule has 0 saturated carbocycles. The van der Waals surface area contributed by atoms with E-state index < -0.39 is 24.0 Å². The summed E-state index contributed by atoms with van der Waals surface area (Å²) < 4.78 is 47.8. The minimum Gasteiger partial charge on any atom is -0.494 e. The lowest BCUT2D eigenvalue weighted by atomic mass is 10.1. The first kappa shape index (κ1) is 27.5. The maximum Gasteiger partial charge on any atom is 0.433 e. The number of benzene rings is 1. The van der Waals surface area contributed by atoms with Crippen LogP contribution in [0.2, 0.25) is 0 Å². The number of carbonyl (C=O) groups is 1. The molecule has 8 nitrogen and oxygen atoms in total. The summed E-state index contributed by atoms with van der Waals surface area (Å²) in [5.74, 6) is 0.302. The number of aliphatic hydroxyl groups is 1. The Bertz CT molecular complexity index is 773. The van der Waals surface area contributed by atoms with Gasteiger partial charge in [-0.1, -0.05) is 19.4 Å². The number of pyridine rings is 1. The average Bonchev–Trinajstić information content (AvgIpc) is 2.71. The zero-order valence-corrected chi connectivity index (χ0v) is 17.7. The molecule has 11 heteroatoms. The predicted octanol–water partition coefficient (Wildman–Crippen LogP) is 2.89. The van der Waals surface area contributed by atoms with Gasteiger partial charge in [-0.25, -0.2) is 10.4 Å². The molecular weight excluding hydrogens is 407 g/mol. The van der Waals surface area contributed by atoms with Crippen LogP contribution >= 0.6 is 0 Å². The standard InChI is InChI=1S/C15H16F3N3O4.C2H6O.C2H6/c1-8(23)10(7-22)20-21-25-11-4-5-12(24-2)14-9(11)3-6-13(19-14)15(16,17)18;1-3-2;1-2/h3-8,10,20-21,23H,1-2H3;1-2H3;1-2H3. The molecular formula is C19H28F3N3O5. The number of nitrogens with zero attached hydrogens (tertiary/aromatic N) is 1. The molecule has 1 aromatic heterocycles. The summed E-state index contributed by atoms with van der Waals surface area (Å²) in [5.41, 5.74) is 3.61. The SMILES string of the molecule is CC.COC.COc1ccc(ONNC(C=O)C(C)O)c2ccc(C(F)(F)F)nc12. The van der Waals surface area contributed by atoms with E-state index in [1.54, 1.807) is 14.2 Å². The first-order valence-electron chi connectivity index (χ1n) is 8.95. The maximum atomic E-state index is 12.8. The lowest BCUT2D eigenvalue weighted by Gasteiger charge is -2.17. The smallest absolute Gasteiger partial charge is 0.433 e. The first-order valence-corrected chi connectivity index (χ1v) is 8.95. The molecule has 2 rings (SSSR count). The molecule has 0 bridgehead atoms. The molecule has 0 saturated heterocycles. The van der Waals surface area contributed by atoms with Gasteiger partial charge >= 0.3 is 6.18 Å². The van der Waals surface area contributed by atoms with Gasteiger partial charge in [0.1, 0.15) is 29.3 Å². The van der Waals surface area contributed by atoms with Crippen LogP contribution in [0, 0.1) is 0 Å². The third-order valence-corrected chi connectivity index (χ3v) is 3.34. The number of hydrazine groups is 1. The second kappa shape index (κ2) is 13.7. The van der Waals surface area contributed by atoms with Crippen LogP contribution in [0.25, 0.3) is 10.9 Å². The number of hydrogen-bond acceptors (Lipinski definition) is 8. The second-order valence-electron chi connectivity index (χ2n) is 5.52. The third-order valence-electron chi connectivity index (χ3n) is 3.34. The van der Waals surface area contributed by atoms with Gasteiger partial charge in [-0.15, -0.1) is 0 Å². The van der Waals surface area contributed by atoms with Gasteiger partial charge in [0.05, 0.1) is 13.2 Å². The van der Waals surface area contributed by atoms with Crippen molar-refractivity contribution in [2.75, 3.05) is 21.3 Å². The van der Waals surface area contributed by atoms with Crippen molar-refractivity contribution in [1.29, 1.82) is 0 Å². The summed E-state index contributed by atoms with van der Waals surface area (Å²) >= 11 is 0. The maximum absolute atomic E-state index is 12.8. The number of aliphatic hydroxyl groups excluding tert-OH is 1. The molecule has 2 aromatic rings. The number of hydrogen-bond donors (Lipinski definition) is 3. The van der Waals surface area contributed by atoms with Crippen molar-refractivity contribution in [2.45, 2.75) is 39.1 Å². The number of nitrogens with one attached hydrogen (secondary N) is 2. The Kier molecular flexibility index (Phi) is 12.6. The highest BCUT2D eigenvalue weighted by molar-refractivity contribution is 5.90. The highest BCUT2D eigenvalue weighted by atomic mass is 19.4. The number of aromatic nitrogens is 1. The Labute approximate surface area is 173 Å². The summed E-state index contributed by atoms with van der Waals surface area (Å²) in [6.07, 6.45) is -5.09. The van der Waals surface area contributed by atoms with Crippen molar-refractivity contribution >= 4 is 17.2 Å². The Morgan fingerprint density at radius 1 is 1.10 bits per heavy atom. The molecule has 0 fully saturated rings. The monoisotopic (exact) mass is 435 g/mol. The van der Waals surface area contributed by atoms with E-state index in [-0.39, 0.29) is 22.4 Å². The summed E-state index contributed by atoms with van der Waals surface area (Å²) in [6.45, 7) is 5.40. The Morgan fingerprint density at radius 2 is 1.67 bits per heavy atom. The van der Waals surface area contributed by atoms with Crippen LogP contribution in [0.4, 0.5) is 13.2 Å². The Hall–Kier alpha value is -2.47. The van der Waals surface area contributed by atoms with E-state index in [0.717, 1.165) is 6.07 Å². The van der Waals surface area contributed by atoms with Crippen LogP contribution in [0.5, 0.6) is 11.5 Å². The van der Waals surface area contributed by atoms with Crippen molar-refractivity contribution in [3.8, 4) is 11.5 Å². The molecule has 0 amide bonds. The fraction of sp³-hybridized carbons (Fsp3) is 0.474. The van der Waals surface area contributed by atoms with E-state index in [1.807, 2.05) is 13.8 Å². The van der Waals surface area contributed by atoms with Crippen LogP contribution < -0.4 is 20.6 Å². The van der Waals surface area contributed by atoms with Crippen molar-refractivity contribution in [3.63, 3.8) is 0 Å². The van der Waals surface area contributed by atoms with Crippen molar-refractivity contribution in [2.24, 2.45) is 0 Å². The van der Waals surface area contributed by atoms with Gasteiger partial charge in [0.2, 0.25) is 0 Å². The van der Waals surface area contributed by atoms with Crippen molar-refractivity contribution in [1.82, 2.24) is 16.0 Å². The molecule has 30 heavy (non-hydrogen) atoms. The van der Waals surface area contributed by atoms with Crippen LogP contribution in [0.15, 0.2) is 24.3 Å². The summed E-state index contributed by atoms with van der Waals surface area (Å²) in [4.78, 5) is 19.6. The molecule has 0 aliphatic rings. The topological polar surface area (TPSA) is 102 Å². The normalized spacial score (nSPS) is 12.6. The van der Waals surface area contributed by atoms with Gasteiger partial charge in [-0.05, 0) is 31.2 Å². The number of alkyl halides is 3. The number of carbonyl (C=O) groups excluding carboxylic acids is 1. The van der Waals surface area contributed by atoms with Crippen LogP contribution in [-0.4, -0.2) is 49.9 Å². The fourth-order valence-electron chi connectivity index (χ4n) is 2.00. The van der Waals surface area contributed by atoms with Crippen LogP contribution in [0.3, 0.4) is 0 Å². The molecule has 1 aromatic carbocycles. The van der Waals surface area contributed by atoms with Gasteiger partial charge in [0.15, 0.2) is 5.75 Å². The van der Waals surface area contributed by atoms with E-state index in [9.17, 15) is 23.1 Å². The predicted molar refractivity (Wildman–Crippen MR) is 106 cm³/mol. The summed E-state index contributed by atoms with van der Waals surface area (Å²) in [7, 11) is 4.56. The van der Waals surface area contributed by atoms with E-state index in [0.29, 0.717) is 6.29 Å². The highest BCUT2D eigenvalue weighted by Gasteiger charge is 2.33. The minimum atomic E-state index is -4.59. The molecule has 0 aliphatic carbocycles. The van der Waals surface area contributed by atoms with Crippen molar-refractivity contribution in [3.05, 3.63) is 30.0 Å². The van der Waals surface area contributed by atoms with Gasteiger partial charge in [0.25, 0.3) is 0 Å². The van der Waals surface area contributed by atoms with Crippen LogP contribution in [0.1, 0.15) is 26.5 Å². The summed E-state index contributed by atoms with van der Waals surface area (Å²) in [5, 5.41) is 9.60. The number of aldehydes is 1. The number of halogens is 3. The molecule has 2 unspecified atom stereocenters. The Balaban J connectivity index is 0.00000154. The lowest BCUT2D eigenvalue weighted by Crippen LogP contribution is -2.48. The van der Waals surface area contributed by atoms with Gasteiger partial charge in [0, 0.05) is 19.6 Å².